The summed E-state index contributed by atoms with van der Waals surface area (Å²) in [5.74, 6) is 0.899. The molecule has 1 N–H and O–H groups in total. The highest BCUT2D eigenvalue weighted by Gasteiger charge is 2.16. The van der Waals surface area contributed by atoms with Gasteiger partial charge in [0.1, 0.15) is 18.1 Å². The summed E-state index contributed by atoms with van der Waals surface area (Å²) < 4.78 is 38.2. The number of ether oxygens (including phenoxy) is 2. The molecule has 2 aromatic carbocycles. The second-order valence-electron chi connectivity index (χ2n) is 6.37. The van der Waals surface area contributed by atoms with E-state index in [9.17, 15) is 8.78 Å². The Balaban J connectivity index is 1.85. The fourth-order valence-corrected chi connectivity index (χ4v) is 2.88. The van der Waals surface area contributed by atoms with Crippen LogP contribution in [0.3, 0.4) is 0 Å². The van der Waals surface area contributed by atoms with Crippen molar-refractivity contribution in [3.8, 4) is 11.5 Å². The minimum atomic E-state index is -2.79. The molecule has 3 rings (SSSR count). The Kier molecular flexibility index (Phi) is 6.38. The minimum Gasteiger partial charge on any atom is -0.496 e. The largest absolute Gasteiger partial charge is 0.496 e. The van der Waals surface area contributed by atoms with Crippen LogP contribution in [0.1, 0.15) is 34.5 Å². The second-order valence-corrected chi connectivity index (χ2v) is 6.76. The molecule has 6 nitrogen and oxygen atoms in total. The maximum absolute atomic E-state index is 13.0. The predicted molar refractivity (Wildman–Crippen MR) is 109 cm³/mol. The van der Waals surface area contributed by atoms with E-state index in [-0.39, 0.29) is 11.4 Å². The third-order valence-corrected chi connectivity index (χ3v) is 4.49. The third kappa shape index (κ3) is 4.86. The van der Waals surface area contributed by atoms with Gasteiger partial charge in [-0.2, -0.15) is 14.9 Å². The minimum absolute atomic E-state index is 0.0106. The summed E-state index contributed by atoms with van der Waals surface area (Å²) in [6.45, 7) is 4.26. The number of nitrogens with zero attached hydrogens (tertiary/aromatic N) is 3. The normalized spacial score (nSPS) is 11.4. The van der Waals surface area contributed by atoms with Gasteiger partial charge in [0.15, 0.2) is 0 Å². The van der Waals surface area contributed by atoms with Gasteiger partial charge in [0.05, 0.1) is 13.3 Å². The number of aromatic nitrogens is 3. The lowest BCUT2D eigenvalue weighted by Crippen LogP contribution is -2.02. The Hall–Kier alpha value is -3.07. The third-order valence-electron chi connectivity index (χ3n) is 4.22. The molecule has 0 fully saturated rings. The number of aryl methyl sites for hydroxylation is 2. The maximum atomic E-state index is 13.0. The number of H-pyrrole nitrogens is 1. The van der Waals surface area contributed by atoms with Gasteiger partial charge in [-0.05, 0) is 67.0 Å². The van der Waals surface area contributed by atoms with Gasteiger partial charge in [-0.25, -0.2) is 13.9 Å². The molecule has 0 aliphatic carbocycles. The molecule has 0 radical (unpaired) electrons. The topological polar surface area (TPSA) is 64.4 Å². The quantitative estimate of drug-likeness (QED) is 0.435. The van der Waals surface area contributed by atoms with Gasteiger partial charge in [0.2, 0.25) is 10.6 Å². The van der Waals surface area contributed by atoms with Gasteiger partial charge in [0.25, 0.3) is 6.43 Å². The standard InChI is InChI=1S/C20H20F2N4O2S/c1-12-4-5-13(2)17(8-12)28-11-15-9-14(6-7-16(15)27-3)10-23-26-19(18(21)22)24-25-20(26)29/h4-10,18H,11H2,1-3H3,(H,25,29)/b23-10+. The Morgan fingerprint density at radius 1 is 1.21 bits per heavy atom. The van der Waals surface area contributed by atoms with Gasteiger partial charge < -0.3 is 9.47 Å². The van der Waals surface area contributed by atoms with Gasteiger partial charge in [-0.15, -0.1) is 0 Å². The van der Waals surface area contributed by atoms with Crippen LogP contribution in [0.4, 0.5) is 8.78 Å². The lowest BCUT2D eigenvalue weighted by molar-refractivity contribution is 0.136. The number of nitrogens with one attached hydrogen (secondary N) is 1. The Bertz CT molecular complexity index is 1090. The van der Waals surface area contributed by atoms with Gasteiger partial charge in [0, 0.05) is 5.56 Å². The highest BCUT2D eigenvalue weighted by molar-refractivity contribution is 7.71. The van der Waals surface area contributed by atoms with E-state index >= 15 is 0 Å². The van der Waals surface area contributed by atoms with Gasteiger partial charge in [-0.3, -0.25) is 0 Å². The highest BCUT2D eigenvalue weighted by atomic mass is 32.1. The molecule has 3 aromatic rings. The summed E-state index contributed by atoms with van der Waals surface area (Å²) in [5, 5.41) is 9.84. The molecule has 0 unspecified atom stereocenters. The average Bonchev–Trinajstić information content (AvgIpc) is 3.07. The fourth-order valence-electron chi connectivity index (χ4n) is 2.69. The first kappa shape index (κ1) is 20.7. The lowest BCUT2D eigenvalue weighted by Gasteiger charge is -2.13. The number of benzene rings is 2. The highest BCUT2D eigenvalue weighted by Crippen LogP contribution is 2.24. The summed E-state index contributed by atoms with van der Waals surface area (Å²) in [6.07, 6.45) is -1.37. The molecule has 29 heavy (non-hydrogen) atoms. The first-order valence-corrected chi connectivity index (χ1v) is 9.16. The number of halogens is 2. The molecule has 0 saturated heterocycles. The van der Waals surface area contributed by atoms with Gasteiger partial charge in [-0.1, -0.05) is 12.1 Å². The molecule has 0 aliphatic rings. The van der Waals surface area contributed by atoms with Crippen molar-refractivity contribution in [2.24, 2.45) is 5.10 Å². The molecular weight excluding hydrogens is 398 g/mol. The molecule has 0 aliphatic heterocycles. The monoisotopic (exact) mass is 418 g/mol. The van der Waals surface area contributed by atoms with Crippen molar-refractivity contribution in [2.75, 3.05) is 7.11 Å². The average molecular weight is 418 g/mol. The molecular formula is C20H20F2N4O2S. The van der Waals surface area contributed by atoms with Crippen LogP contribution in [-0.4, -0.2) is 28.2 Å². The van der Waals surface area contributed by atoms with E-state index in [4.69, 9.17) is 21.7 Å². The van der Waals surface area contributed by atoms with E-state index in [1.165, 1.54) is 6.21 Å². The number of alkyl halides is 2. The maximum Gasteiger partial charge on any atom is 0.299 e. The first-order valence-electron chi connectivity index (χ1n) is 8.76. The van der Waals surface area contributed by atoms with Crippen molar-refractivity contribution in [3.63, 3.8) is 0 Å². The van der Waals surface area contributed by atoms with Crippen LogP contribution in [0.25, 0.3) is 0 Å². The van der Waals surface area contributed by atoms with E-state index in [2.05, 4.69) is 15.3 Å². The fraction of sp³-hybridized carbons (Fsp3) is 0.250. The van der Waals surface area contributed by atoms with Crippen molar-refractivity contribution in [1.29, 1.82) is 0 Å². The smallest absolute Gasteiger partial charge is 0.299 e. The Morgan fingerprint density at radius 2 is 2.00 bits per heavy atom. The number of hydrogen-bond donors (Lipinski definition) is 1. The van der Waals surface area contributed by atoms with Gasteiger partial charge >= 0.3 is 0 Å². The summed E-state index contributed by atoms with van der Waals surface area (Å²) in [6, 6.07) is 11.3. The Morgan fingerprint density at radius 3 is 2.72 bits per heavy atom. The molecule has 9 heteroatoms. The van der Waals surface area contributed by atoms with Crippen LogP contribution in [0.2, 0.25) is 0 Å². The van der Waals surface area contributed by atoms with E-state index in [0.29, 0.717) is 11.3 Å². The molecule has 0 saturated carbocycles. The zero-order chi connectivity index (χ0) is 21.0. The van der Waals surface area contributed by atoms with E-state index in [1.807, 2.05) is 38.1 Å². The molecule has 1 heterocycles. The number of aromatic amines is 1. The summed E-state index contributed by atoms with van der Waals surface area (Å²) >= 11 is 4.95. The van der Waals surface area contributed by atoms with E-state index < -0.39 is 12.2 Å². The van der Waals surface area contributed by atoms with Crippen LogP contribution in [0.15, 0.2) is 41.5 Å². The number of methoxy groups -OCH3 is 1. The van der Waals surface area contributed by atoms with Crippen molar-refractivity contribution in [3.05, 3.63) is 69.2 Å². The zero-order valence-electron chi connectivity index (χ0n) is 16.1. The second kappa shape index (κ2) is 8.95. The van der Waals surface area contributed by atoms with Crippen LogP contribution in [-0.2, 0) is 6.61 Å². The van der Waals surface area contributed by atoms with Crippen molar-refractivity contribution >= 4 is 18.4 Å². The van der Waals surface area contributed by atoms with Crippen LogP contribution in [0.5, 0.6) is 11.5 Å². The van der Waals surface area contributed by atoms with E-state index in [0.717, 1.165) is 27.1 Å². The number of hydrogen-bond acceptors (Lipinski definition) is 5. The van der Waals surface area contributed by atoms with Crippen molar-refractivity contribution < 1.29 is 18.3 Å². The lowest BCUT2D eigenvalue weighted by atomic mass is 10.1. The molecule has 0 spiro atoms. The van der Waals surface area contributed by atoms with Crippen molar-refractivity contribution in [1.82, 2.24) is 14.9 Å². The molecule has 1 aromatic heterocycles. The first-order chi connectivity index (χ1) is 13.9. The summed E-state index contributed by atoms with van der Waals surface area (Å²) in [7, 11) is 1.57. The predicted octanol–water partition coefficient (Wildman–Crippen LogP) is 4.96. The Labute approximate surface area is 171 Å². The van der Waals surface area contributed by atoms with Crippen molar-refractivity contribution in [2.45, 2.75) is 26.9 Å². The molecule has 0 bridgehead atoms. The van der Waals surface area contributed by atoms with Crippen LogP contribution < -0.4 is 9.47 Å². The molecule has 0 atom stereocenters. The summed E-state index contributed by atoms with van der Waals surface area (Å²) in [4.78, 5) is 0. The van der Waals surface area contributed by atoms with E-state index in [1.54, 1.807) is 19.2 Å². The molecule has 0 amide bonds. The number of rotatable bonds is 7. The summed E-state index contributed by atoms with van der Waals surface area (Å²) in [5.41, 5.74) is 3.60. The van der Waals surface area contributed by atoms with Crippen LogP contribution in [0, 0.1) is 18.6 Å². The SMILES string of the molecule is COc1ccc(/C=N/n2c(C(F)F)n[nH]c2=S)cc1COc1cc(C)ccc1C. The molecule has 152 valence electrons. The zero-order valence-corrected chi connectivity index (χ0v) is 17.0. The van der Waals surface area contributed by atoms with Crippen LogP contribution >= 0.6 is 12.2 Å².